The van der Waals surface area contributed by atoms with E-state index in [1.165, 1.54) is 102 Å². The van der Waals surface area contributed by atoms with Crippen molar-refractivity contribution in [2.45, 2.75) is 102 Å². The van der Waals surface area contributed by atoms with Crippen LogP contribution in [0, 0.1) is 11.3 Å². The molecule has 0 aromatic heterocycles. The minimum atomic E-state index is 0.601. The molecular weight excluding hydrogens is 336 g/mol. The molecule has 1 atom stereocenters. The van der Waals surface area contributed by atoms with Crippen LogP contribution in [0.15, 0.2) is 41.5 Å². The molecule has 0 amide bonds. The number of fused-ring (bicyclic) bond motifs is 1. The van der Waals surface area contributed by atoms with Crippen molar-refractivity contribution in [3.63, 3.8) is 0 Å². The Kier molecular flexibility index (Phi) is 5.49. The van der Waals surface area contributed by atoms with Gasteiger partial charge in [0.25, 0.3) is 0 Å². The van der Waals surface area contributed by atoms with Gasteiger partial charge in [0.15, 0.2) is 0 Å². The van der Waals surface area contributed by atoms with Crippen molar-refractivity contribution >= 4 is 6.08 Å². The van der Waals surface area contributed by atoms with Gasteiger partial charge in [-0.25, -0.2) is 0 Å². The molecule has 0 bridgehead atoms. The van der Waals surface area contributed by atoms with E-state index in [1.54, 1.807) is 11.1 Å². The highest BCUT2D eigenvalue weighted by atomic mass is 14.4. The summed E-state index contributed by atoms with van der Waals surface area (Å²) in [5.74, 6) is 1.51. The predicted molar refractivity (Wildman–Crippen MR) is 120 cm³/mol. The molecule has 3 fully saturated rings. The fourth-order valence-corrected chi connectivity index (χ4v) is 7.10. The molecule has 0 radical (unpaired) electrons. The first-order chi connectivity index (χ1) is 13.9. The monoisotopic (exact) mass is 374 g/mol. The van der Waals surface area contributed by atoms with Gasteiger partial charge in [0.1, 0.15) is 0 Å². The van der Waals surface area contributed by atoms with Gasteiger partial charge in [-0.05, 0) is 73.8 Å². The molecule has 0 heteroatoms. The zero-order valence-corrected chi connectivity index (χ0v) is 17.7. The third kappa shape index (κ3) is 3.53. The molecule has 1 spiro atoms. The molecule has 28 heavy (non-hydrogen) atoms. The Morgan fingerprint density at radius 1 is 0.821 bits per heavy atom. The maximum Gasteiger partial charge on any atom is 0.00948 e. The number of benzene rings is 1. The molecule has 1 aromatic rings. The van der Waals surface area contributed by atoms with E-state index in [0.29, 0.717) is 11.3 Å². The highest BCUT2D eigenvalue weighted by Gasteiger charge is 2.37. The first-order valence-corrected chi connectivity index (χ1v) is 12.4. The summed E-state index contributed by atoms with van der Waals surface area (Å²) in [6.45, 7) is 0. The van der Waals surface area contributed by atoms with Crippen LogP contribution in [0.3, 0.4) is 0 Å². The van der Waals surface area contributed by atoms with Crippen LogP contribution in [0.2, 0.25) is 0 Å². The zero-order valence-electron chi connectivity index (χ0n) is 17.7. The number of rotatable bonds is 3. The standard InChI is InChI=1S/C28H38/c1-3-11-22(12-4-1)27-21-23-13-5-6-15-25(23)26(27)17-16-24-14-7-10-20-28(24)18-8-2-9-19-28/h5-6,13,15-16,21-22,26H,1-4,7-12,14,17-20H2. The first-order valence-electron chi connectivity index (χ1n) is 12.4. The fraction of sp³-hybridized carbons (Fsp3) is 0.643. The minimum absolute atomic E-state index is 0.601. The smallest absolute Gasteiger partial charge is 0.00948 e. The van der Waals surface area contributed by atoms with Crippen molar-refractivity contribution in [2.24, 2.45) is 11.3 Å². The summed E-state index contributed by atoms with van der Waals surface area (Å²) in [6.07, 6.45) is 26.9. The van der Waals surface area contributed by atoms with Crippen LogP contribution in [0.5, 0.6) is 0 Å². The van der Waals surface area contributed by atoms with Crippen molar-refractivity contribution in [2.75, 3.05) is 0 Å². The molecule has 0 N–H and O–H groups in total. The van der Waals surface area contributed by atoms with E-state index < -0.39 is 0 Å². The van der Waals surface area contributed by atoms with Crippen LogP contribution < -0.4 is 0 Å². The maximum absolute atomic E-state index is 2.76. The van der Waals surface area contributed by atoms with Gasteiger partial charge in [-0.1, -0.05) is 92.5 Å². The summed E-state index contributed by atoms with van der Waals surface area (Å²) in [6, 6.07) is 9.27. The van der Waals surface area contributed by atoms with Crippen LogP contribution in [-0.4, -0.2) is 0 Å². The quantitative estimate of drug-likeness (QED) is 0.465. The van der Waals surface area contributed by atoms with E-state index in [0.717, 1.165) is 5.92 Å². The van der Waals surface area contributed by atoms with Gasteiger partial charge in [0.05, 0.1) is 0 Å². The van der Waals surface area contributed by atoms with E-state index in [4.69, 9.17) is 0 Å². The average molecular weight is 375 g/mol. The molecule has 0 nitrogen and oxygen atoms in total. The summed E-state index contributed by atoms with van der Waals surface area (Å²) in [7, 11) is 0. The summed E-state index contributed by atoms with van der Waals surface area (Å²) in [5.41, 5.74) is 7.39. The van der Waals surface area contributed by atoms with Gasteiger partial charge in [0, 0.05) is 5.92 Å². The van der Waals surface area contributed by atoms with Crippen LogP contribution in [0.25, 0.3) is 6.08 Å². The van der Waals surface area contributed by atoms with Crippen molar-refractivity contribution < 1.29 is 0 Å². The minimum Gasteiger partial charge on any atom is -0.0838 e. The Hall–Kier alpha value is -1.30. The van der Waals surface area contributed by atoms with Gasteiger partial charge in [0.2, 0.25) is 0 Å². The molecule has 5 rings (SSSR count). The highest BCUT2D eigenvalue weighted by Crippen LogP contribution is 2.52. The largest absolute Gasteiger partial charge is 0.0838 e. The molecule has 4 aliphatic rings. The number of hydrogen-bond acceptors (Lipinski definition) is 0. The SMILES string of the molecule is C1=C(C2CCCCC2)C(CC=C2CCCCC23CCCCC3)c2ccccc21. The Morgan fingerprint density at radius 2 is 1.54 bits per heavy atom. The van der Waals surface area contributed by atoms with Crippen molar-refractivity contribution in [3.8, 4) is 0 Å². The average Bonchev–Trinajstić information content (AvgIpc) is 3.13. The molecular formula is C28H38. The Morgan fingerprint density at radius 3 is 2.36 bits per heavy atom. The third-order valence-corrected chi connectivity index (χ3v) is 8.62. The highest BCUT2D eigenvalue weighted by molar-refractivity contribution is 5.67. The molecule has 1 unspecified atom stereocenters. The number of allylic oxidation sites excluding steroid dienone is 3. The Balaban J connectivity index is 1.41. The van der Waals surface area contributed by atoms with Crippen molar-refractivity contribution in [1.29, 1.82) is 0 Å². The molecule has 1 aromatic carbocycles. The van der Waals surface area contributed by atoms with Crippen LogP contribution in [0.4, 0.5) is 0 Å². The van der Waals surface area contributed by atoms with Crippen molar-refractivity contribution in [3.05, 3.63) is 52.6 Å². The predicted octanol–water partition coefficient (Wildman–Crippen LogP) is 8.59. The summed E-state index contributed by atoms with van der Waals surface area (Å²) < 4.78 is 0. The number of hydrogen-bond donors (Lipinski definition) is 0. The van der Waals surface area contributed by atoms with Gasteiger partial charge >= 0.3 is 0 Å². The lowest BCUT2D eigenvalue weighted by atomic mass is 9.62. The third-order valence-electron chi connectivity index (χ3n) is 8.62. The molecule has 0 heterocycles. The second kappa shape index (κ2) is 8.21. The van der Waals surface area contributed by atoms with E-state index in [1.807, 2.05) is 5.57 Å². The second-order valence-electron chi connectivity index (χ2n) is 10.2. The van der Waals surface area contributed by atoms with Gasteiger partial charge in [-0.2, -0.15) is 0 Å². The second-order valence-corrected chi connectivity index (χ2v) is 10.2. The molecule has 0 aliphatic heterocycles. The fourth-order valence-electron chi connectivity index (χ4n) is 7.10. The van der Waals surface area contributed by atoms with Crippen molar-refractivity contribution in [1.82, 2.24) is 0 Å². The molecule has 3 saturated carbocycles. The van der Waals surface area contributed by atoms with Crippen LogP contribution in [-0.2, 0) is 0 Å². The summed E-state index contributed by atoms with van der Waals surface area (Å²) >= 11 is 0. The normalized spacial score (nSPS) is 29.1. The van der Waals surface area contributed by atoms with E-state index in [-0.39, 0.29) is 0 Å². The molecule has 4 aliphatic carbocycles. The van der Waals surface area contributed by atoms with E-state index in [2.05, 4.69) is 36.4 Å². The Bertz CT molecular complexity index is 729. The first kappa shape index (κ1) is 18.7. The molecule has 150 valence electrons. The van der Waals surface area contributed by atoms with E-state index in [9.17, 15) is 0 Å². The summed E-state index contributed by atoms with van der Waals surface area (Å²) in [4.78, 5) is 0. The van der Waals surface area contributed by atoms with Gasteiger partial charge in [-0.3, -0.25) is 0 Å². The topological polar surface area (TPSA) is 0 Å². The lowest BCUT2D eigenvalue weighted by Gasteiger charge is -2.43. The molecule has 0 saturated heterocycles. The lowest BCUT2D eigenvalue weighted by Crippen LogP contribution is -2.29. The maximum atomic E-state index is 2.76. The van der Waals surface area contributed by atoms with Gasteiger partial charge in [-0.15, -0.1) is 0 Å². The summed E-state index contributed by atoms with van der Waals surface area (Å²) in [5, 5.41) is 0. The Labute approximate surface area is 172 Å². The van der Waals surface area contributed by atoms with Crippen LogP contribution >= 0.6 is 0 Å². The zero-order chi connectivity index (χ0) is 18.8. The lowest BCUT2D eigenvalue weighted by molar-refractivity contribution is 0.188. The van der Waals surface area contributed by atoms with Gasteiger partial charge < -0.3 is 0 Å². The van der Waals surface area contributed by atoms with Crippen LogP contribution in [0.1, 0.15) is 113 Å². The van der Waals surface area contributed by atoms with E-state index >= 15 is 0 Å².